The molecule has 4 rings (SSSR count). The minimum absolute atomic E-state index is 0.168. The van der Waals surface area contributed by atoms with E-state index in [0.717, 1.165) is 29.9 Å². The van der Waals surface area contributed by atoms with E-state index in [2.05, 4.69) is 6.07 Å². The van der Waals surface area contributed by atoms with Crippen LogP contribution in [0.15, 0.2) is 18.2 Å². The molecule has 1 aliphatic carbocycles. The third-order valence-electron chi connectivity index (χ3n) is 5.66. The van der Waals surface area contributed by atoms with Crippen LogP contribution in [0.1, 0.15) is 52.0 Å². The molecule has 0 aromatic heterocycles. The summed E-state index contributed by atoms with van der Waals surface area (Å²) in [5, 5.41) is 0. The normalized spacial score (nSPS) is 27.4. The van der Waals surface area contributed by atoms with Crippen molar-refractivity contribution < 1.29 is 23.8 Å². The fraction of sp³-hybridized carbons (Fsp3) is 0.600. The average Bonchev–Trinajstić information content (AvgIpc) is 3.17. The van der Waals surface area contributed by atoms with Crippen molar-refractivity contribution in [3.05, 3.63) is 23.8 Å². The summed E-state index contributed by atoms with van der Waals surface area (Å²) in [6.45, 7) is 6.41. The van der Waals surface area contributed by atoms with E-state index in [1.165, 1.54) is 0 Å². The average molecular weight is 359 g/mol. The molecule has 1 saturated heterocycles. The molecule has 2 atom stereocenters. The molecular weight excluding hydrogens is 334 g/mol. The number of hydrogen-bond acceptors (Lipinski definition) is 5. The predicted molar refractivity (Wildman–Crippen MR) is 94.4 cm³/mol. The Balaban J connectivity index is 1.68. The molecule has 6 heteroatoms. The van der Waals surface area contributed by atoms with E-state index in [1.54, 1.807) is 4.90 Å². The number of benzene rings is 1. The third-order valence-corrected chi connectivity index (χ3v) is 5.66. The third kappa shape index (κ3) is 2.81. The summed E-state index contributed by atoms with van der Waals surface area (Å²) in [5.74, 6) is 1.70. The van der Waals surface area contributed by atoms with Gasteiger partial charge in [0.1, 0.15) is 11.4 Å². The van der Waals surface area contributed by atoms with Gasteiger partial charge in [-0.2, -0.15) is 0 Å². The van der Waals surface area contributed by atoms with Crippen molar-refractivity contribution in [1.82, 2.24) is 4.90 Å². The number of amides is 1. The summed E-state index contributed by atoms with van der Waals surface area (Å²) < 4.78 is 16.6. The molecule has 0 N–H and O–H groups in total. The van der Waals surface area contributed by atoms with Crippen molar-refractivity contribution >= 4 is 11.9 Å². The first-order valence-electron chi connectivity index (χ1n) is 9.20. The number of carbonyl (C=O) groups is 2. The largest absolute Gasteiger partial charge is 0.454 e. The molecule has 2 fully saturated rings. The van der Waals surface area contributed by atoms with E-state index in [9.17, 15) is 9.59 Å². The minimum atomic E-state index is -0.556. The summed E-state index contributed by atoms with van der Waals surface area (Å²) in [7, 11) is 0. The second kappa shape index (κ2) is 5.89. The van der Waals surface area contributed by atoms with Crippen LogP contribution in [0.2, 0.25) is 0 Å². The Kier molecular flexibility index (Phi) is 3.90. The second-order valence-corrected chi connectivity index (χ2v) is 8.41. The zero-order chi connectivity index (χ0) is 18.5. The van der Waals surface area contributed by atoms with Crippen LogP contribution in [0.4, 0.5) is 4.79 Å². The SMILES string of the molecule is CC(C)(C)OC(=O)N1CC[C@@]2(c3ccc4c(c3)OCO4)CCC(=O)C[C@@H]12. The summed E-state index contributed by atoms with van der Waals surface area (Å²) in [4.78, 5) is 26.7. The van der Waals surface area contributed by atoms with Crippen LogP contribution in [0.5, 0.6) is 11.5 Å². The highest BCUT2D eigenvalue weighted by molar-refractivity contribution is 5.82. The fourth-order valence-electron chi connectivity index (χ4n) is 4.44. The van der Waals surface area contributed by atoms with Gasteiger partial charge in [0.15, 0.2) is 11.5 Å². The topological polar surface area (TPSA) is 65.1 Å². The van der Waals surface area contributed by atoms with Gasteiger partial charge < -0.3 is 19.1 Å². The first-order chi connectivity index (χ1) is 12.3. The van der Waals surface area contributed by atoms with Crippen molar-refractivity contribution in [2.45, 2.75) is 63.5 Å². The van der Waals surface area contributed by atoms with Crippen LogP contribution in [-0.2, 0) is 14.9 Å². The van der Waals surface area contributed by atoms with E-state index in [-0.39, 0.29) is 30.1 Å². The Hall–Kier alpha value is -2.24. The quantitative estimate of drug-likeness (QED) is 0.769. The number of rotatable bonds is 1. The number of likely N-dealkylation sites (tertiary alicyclic amines) is 1. The number of fused-ring (bicyclic) bond motifs is 2. The maximum Gasteiger partial charge on any atom is 0.410 e. The van der Waals surface area contributed by atoms with Gasteiger partial charge >= 0.3 is 6.09 Å². The summed E-state index contributed by atoms with van der Waals surface area (Å²) in [6.07, 6.45) is 2.17. The Morgan fingerprint density at radius 2 is 2.00 bits per heavy atom. The van der Waals surface area contributed by atoms with Gasteiger partial charge in [0, 0.05) is 24.8 Å². The Morgan fingerprint density at radius 3 is 2.77 bits per heavy atom. The van der Waals surface area contributed by atoms with Gasteiger partial charge in [-0.3, -0.25) is 4.79 Å². The van der Waals surface area contributed by atoms with Gasteiger partial charge in [-0.1, -0.05) is 6.07 Å². The fourth-order valence-corrected chi connectivity index (χ4v) is 4.44. The molecule has 1 aromatic rings. The standard InChI is InChI=1S/C20H25NO5/c1-19(2,3)26-18(23)21-9-8-20(7-6-14(22)11-17(20)21)13-4-5-15-16(10-13)25-12-24-15/h4-5,10,17H,6-9,11-12H2,1-3H3/t17-,20-/m1/s1. The molecule has 2 aliphatic heterocycles. The molecule has 140 valence electrons. The number of Topliss-reactive ketones (excluding diaryl/α,β-unsaturated/α-hetero) is 1. The van der Waals surface area contributed by atoms with E-state index < -0.39 is 5.60 Å². The van der Waals surface area contributed by atoms with Crippen molar-refractivity contribution in [2.75, 3.05) is 13.3 Å². The van der Waals surface area contributed by atoms with E-state index in [4.69, 9.17) is 14.2 Å². The minimum Gasteiger partial charge on any atom is -0.454 e. The molecule has 0 spiro atoms. The molecule has 26 heavy (non-hydrogen) atoms. The second-order valence-electron chi connectivity index (χ2n) is 8.41. The zero-order valence-electron chi connectivity index (χ0n) is 15.5. The van der Waals surface area contributed by atoms with Gasteiger partial charge in [-0.15, -0.1) is 0 Å². The first-order valence-corrected chi connectivity index (χ1v) is 9.20. The van der Waals surface area contributed by atoms with Gasteiger partial charge in [0.2, 0.25) is 6.79 Å². The van der Waals surface area contributed by atoms with Crippen molar-refractivity contribution in [3.63, 3.8) is 0 Å². The summed E-state index contributed by atoms with van der Waals surface area (Å²) >= 11 is 0. The van der Waals surface area contributed by atoms with Crippen molar-refractivity contribution in [3.8, 4) is 11.5 Å². The van der Waals surface area contributed by atoms with Crippen LogP contribution < -0.4 is 9.47 Å². The van der Waals surface area contributed by atoms with Crippen LogP contribution in [0.25, 0.3) is 0 Å². The lowest BCUT2D eigenvalue weighted by Gasteiger charge is -2.41. The highest BCUT2D eigenvalue weighted by atomic mass is 16.7. The van der Waals surface area contributed by atoms with E-state index in [1.807, 2.05) is 32.9 Å². The van der Waals surface area contributed by atoms with Crippen molar-refractivity contribution in [1.29, 1.82) is 0 Å². The van der Waals surface area contributed by atoms with Gasteiger partial charge in [0.25, 0.3) is 0 Å². The highest BCUT2D eigenvalue weighted by Gasteiger charge is 2.53. The van der Waals surface area contributed by atoms with Gasteiger partial charge in [0.05, 0.1) is 6.04 Å². The summed E-state index contributed by atoms with van der Waals surface area (Å²) in [6, 6.07) is 5.83. The lowest BCUT2D eigenvalue weighted by atomic mass is 9.66. The smallest absolute Gasteiger partial charge is 0.410 e. The molecule has 0 unspecified atom stereocenters. The maximum absolute atomic E-state index is 12.7. The molecular formula is C20H25NO5. The predicted octanol–water partition coefficient (Wildman–Crippen LogP) is 3.42. The van der Waals surface area contributed by atoms with Crippen LogP contribution >= 0.6 is 0 Å². The monoisotopic (exact) mass is 359 g/mol. The molecule has 1 amide bonds. The summed E-state index contributed by atoms with van der Waals surface area (Å²) in [5.41, 5.74) is 0.330. The maximum atomic E-state index is 12.7. The first kappa shape index (κ1) is 17.2. The lowest BCUT2D eigenvalue weighted by Crippen LogP contribution is -2.50. The van der Waals surface area contributed by atoms with Crippen LogP contribution in [0, 0.1) is 0 Å². The molecule has 6 nitrogen and oxygen atoms in total. The zero-order valence-corrected chi connectivity index (χ0v) is 15.5. The van der Waals surface area contributed by atoms with Gasteiger partial charge in [-0.25, -0.2) is 4.79 Å². The number of nitrogens with zero attached hydrogens (tertiary/aromatic N) is 1. The molecule has 0 bridgehead atoms. The molecule has 2 heterocycles. The van der Waals surface area contributed by atoms with Crippen LogP contribution in [0.3, 0.4) is 0 Å². The molecule has 1 saturated carbocycles. The number of hydrogen-bond donors (Lipinski definition) is 0. The van der Waals surface area contributed by atoms with Crippen molar-refractivity contribution in [2.24, 2.45) is 0 Å². The lowest BCUT2D eigenvalue weighted by molar-refractivity contribution is -0.122. The Morgan fingerprint density at radius 1 is 1.23 bits per heavy atom. The Labute approximate surface area is 153 Å². The highest BCUT2D eigenvalue weighted by Crippen LogP contribution is 2.50. The number of carbonyl (C=O) groups excluding carboxylic acids is 2. The Bertz CT molecular complexity index is 753. The molecule has 0 radical (unpaired) electrons. The van der Waals surface area contributed by atoms with Crippen LogP contribution in [-0.4, -0.2) is 41.8 Å². The van der Waals surface area contributed by atoms with E-state index >= 15 is 0 Å². The molecule has 1 aromatic carbocycles. The van der Waals surface area contributed by atoms with Gasteiger partial charge in [-0.05, 0) is 51.3 Å². The molecule has 3 aliphatic rings. The number of ether oxygens (including phenoxy) is 3. The van der Waals surface area contributed by atoms with E-state index in [0.29, 0.717) is 19.4 Å². The number of ketones is 1.